The summed E-state index contributed by atoms with van der Waals surface area (Å²) in [5.41, 5.74) is 1.79. The van der Waals surface area contributed by atoms with Gasteiger partial charge < -0.3 is 5.32 Å². The summed E-state index contributed by atoms with van der Waals surface area (Å²) >= 11 is 17.8. The first kappa shape index (κ1) is 20.4. The number of halogens is 3. The molecule has 0 bridgehead atoms. The van der Waals surface area contributed by atoms with Crippen LogP contribution in [0.5, 0.6) is 0 Å². The van der Waals surface area contributed by atoms with Crippen molar-refractivity contribution >= 4 is 46.4 Å². The van der Waals surface area contributed by atoms with Gasteiger partial charge in [-0.1, -0.05) is 46.9 Å². The fraction of sp³-hybridized carbons (Fsp3) is 0.150. The number of benzene rings is 2. The highest BCUT2D eigenvalue weighted by Gasteiger charge is 2.08. The van der Waals surface area contributed by atoms with Crippen LogP contribution in [0, 0.1) is 0 Å². The highest BCUT2D eigenvalue weighted by Crippen LogP contribution is 2.25. The molecule has 0 saturated carbocycles. The molecule has 0 saturated heterocycles. The molecule has 0 fully saturated rings. The number of nitrogens with one attached hydrogen (secondary N) is 1. The highest BCUT2D eigenvalue weighted by molar-refractivity contribution is 6.36. The zero-order valence-corrected chi connectivity index (χ0v) is 16.9. The first-order chi connectivity index (χ1) is 13.4. The summed E-state index contributed by atoms with van der Waals surface area (Å²) in [4.78, 5) is 24.2. The Morgan fingerprint density at radius 1 is 0.964 bits per heavy atom. The number of hydrogen-bond donors (Lipinski definition) is 1. The maximum absolute atomic E-state index is 12.1. The Labute approximate surface area is 176 Å². The second-order valence-corrected chi connectivity index (χ2v) is 7.34. The van der Waals surface area contributed by atoms with Gasteiger partial charge in [0, 0.05) is 34.6 Å². The Kier molecular flexibility index (Phi) is 6.73. The molecule has 0 aliphatic rings. The fourth-order valence-corrected chi connectivity index (χ4v) is 3.16. The molecular weight excluding hydrogens is 421 g/mol. The van der Waals surface area contributed by atoms with Gasteiger partial charge in [0.15, 0.2) is 0 Å². The normalized spacial score (nSPS) is 10.7. The second-order valence-electron chi connectivity index (χ2n) is 6.06. The second kappa shape index (κ2) is 9.24. The number of anilines is 1. The molecule has 0 atom stereocenters. The Morgan fingerprint density at radius 2 is 1.68 bits per heavy atom. The van der Waals surface area contributed by atoms with Gasteiger partial charge in [-0.15, -0.1) is 0 Å². The minimum Gasteiger partial charge on any atom is -0.325 e. The Balaban J connectivity index is 1.61. The van der Waals surface area contributed by atoms with Gasteiger partial charge in [0.2, 0.25) is 5.91 Å². The lowest BCUT2D eigenvalue weighted by Crippen LogP contribution is -2.23. The number of amides is 1. The summed E-state index contributed by atoms with van der Waals surface area (Å²) in [5.74, 6) is -0.203. The zero-order chi connectivity index (χ0) is 20.1. The first-order valence-electron chi connectivity index (χ1n) is 8.51. The number of aryl methyl sites for hydroxylation is 1. The van der Waals surface area contributed by atoms with E-state index in [1.54, 1.807) is 36.4 Å². The van der Waals surface area contributed by atoms with Gasteiger partial charge in [-0.25, -0.2) is 4.68 Å². The van der Waals surface area contributed by atoms with E-state index in [4.69, 9.17) is 34.8 Å². The molecule has 0 radical (unpaired) electrons. The molecule has 5 nitrogen and oxygen atoms in total. The summed E-state index contributed by atoms with van der Waals surface area (Å²) < 4.78 is 1.35. The van der Waals surface area contributed by atoms with Crippen molar-refractivity contribution in [1.82, 2.24) is 9.78 Å². The van der Waals surface area contributed by atoms with E-state index < -0.39 is 0 Å². The van der Waals surface area contributed by atoms with Gasteiger partial charge in [-0.3, -0.25) is 9.59 Å². The average Bonchev–Trinajstić information content (AvgIpc) is 2.66. The molecule has 0 spiro atoms. The number of hydrogen-bond acceptors (Lipinski definition) is 3. The van der Waals surface area contributed by atoms with Crippen molar-refractivity contribution in [3.8, 4) is 11.3 Å². The minimum absolute atomic E-state index is 0.203. The summed E-state index contributed by atoms with van der Waals surface area (Å²) in [6.07, 6.45) is 0.673. The van der Waals surface area contributed by atoms with E-state index >= 15 is 0 Å². The highest BCUT2D eigenvalue weighted by atomic mass is 35.5. The molecule has 0 aliphatic heterocycles. The van der Waals surface area contributed by atoms with Crippen LogP contribution < -0.4 is 10.9 Å². The predicted molar refractivity (Wildman–Crippen MR) is 113 cm³/mol. The van der Waals surface area contributed by atoms with Crippen molar-refractivity contribution in [2.24, 2.45) is 0 Å². The molecule has 28 heavy (non-hydrogen) atoms. The summed E-state index contributed by atoms with van der Waals surface area (Å²) in [6.45, 7) is 0.321. The van der Waals surface area contributed by atoms with Crippen LogP contribution in [0.4, 0.5) is 5.69 Å². The van der Waals surface area contributed by atoms with Gasteiger partial charge in [-0.05, 0) is 42.8 Å². The zero-order valence-electron chi connectivity index (χ0n) is 14.7. The van der Waals surface area contributed by atoms with E-state index in [1.165, 1.54) is 10.7 Å². The van der Waals surface area contributed by atoms with E-state index in [9.17, 15) is 9.59 Å². The standard InChI is InChI=1S/C20H16Cl3N3O2/c21-14-5-3-13(4-6-14)17-9-10-20(28)26(25-17)11-1-2-19(27)24-18-8-7-15(22)12-16(18)23/h3-10,12H,1-2,11H2,(H,24,27). The number of aromatic nitrogens is 2. The third-order valence-electron chi connectivity index (χ3n) is 3.99. The predicted octanol–water partition coefficient (Wildman–Crippen LogP) is 5.29. The number of carbonyl (C=O) groups is 1. The molecule has 1 heterocycles. The number of rotatable bonds is 6. The molecule has 1 N–H and O–H groups in total. The van der Waals surface area contributed by atoms with Crippen molar-refractivity contribution in [3.63, 3.8) is 0 Å². The molecule has 0 unspecified atom stereocenters. The van der Waals surface area contributed by atoms with Crippen molar-refractivity contribution in [3.05, 3.63) is 80.0 Å². The Morgan fingerprint density at radius 3 is 2.39 bits per heavy atom. The van der Waals surface area contributed by atoms with Crippen molar-refractivity contribution in [1.29, 1.82) is 0 Å². The van der Waals surface area contributed by atoms with Crippen molar-refractivity contribution in [2.45, 2.75) is 19.4 Å². The van der Waals surface area contributed by atoms with Crippen LogP contribution in [-0.4, -0.2) is 15.7 Å². The van der Waals surface area contributed by atoms with E-state index in [0.717, 1.165) is 5.56 Å². The molecule has 2 aromatic carbocycles. The van der Waals surface area contributed by atoms with Crippen molar-refractivity contribution in [2.75, 3.05) is 5.32 Å². The topological polar surface area (TPSA) is 64.0 Å². The van der Waals surface area contributed by atoms with E-state index in [0.29, 0.717) is 39.4 Å². The van der Waals surface area contributed by atoms with E-state index in [-0.39, 0.29) is 17.9 Å². The van der Waals surface area contributed by atoms with Crippen LogP contribution in [0.25, 0.3) is 11.3 Å². The summed E-state index contributed by atoms with van der Waals surface area (Å²) in [5, 5.41) is 8.59. The molecular formula is C20H16Cl3N3O2. The summed E-state index contributed by atoms with van der Waals surface area (Å²) in [7, 11) is 0. The van der Waals surface area contributed by atoms with E-state index in [2.05, 4.69) is 10.4 Å². The smallest absolute Gasteiger partial charge is 0.266 e. The van der Waals surface area contributed by atoms with Crippen LogP contribution in [-0.2, 0) is 11.3 Å². The molecule has 1 amide bonds. The number of nitrogens with zero attached hydrogens (tertiary/aromatic N) is 2. The molecule has 0 aliphatic carbocycles. The Bertz CT molecular complexity index is 1050. The van der Waals surface area contributed by atoms with Gasteiger partial charge in [0.1, 0.15) is 0 Å². The van der Waals surface area contributed by atoms with Crippen LogP contribution in [0.15, 0.2) is 59.4 Å². The lowest BCUT2D eigenvalue weighted by molar-refractivity contribution is -0.116. The largest absolute Gasteiger partial charge is 0.325 e. The molecule has 144 valence electrons. The van der Waals surface area contributed by atoms with Gasteiger partial charge in [-0.2, -0.15) is 5.10 Å². The lowest BCUT2D eigenvalue weighted by Gasteiger charge is -2.09. The molecule has 3 rings (SSSR count). The summed E-state index contributed by atoms with van der Waals surface area (Å²) in [6, 6.07) is 15.2. The van der Waals surface area contributed by atoms with Crippen molar-refractivity contribution < 1.29 is 4.79 Å². The maximum Gasteiger partial charge on any atom is 0.266 e. The lowest BCUT2D eigenvalue weighted by atomic mass is 10.1. The van der Waals surface area contributed by atoms with Crippen LogP contribution >= 0.6 is 34.8 Å². The van der Waals surface area contributed by atoms with Gasteiger partial charge in [0.05, 0.1) is 16.4 Å². The molecule has 1 aromatic heterocycles. The average molecular weight is 437 g/mol. The van der Waals surface area contributed by atoms with Gasteiger partial charge in [0.25, 0.3) is 5.56 Å². The monoisotopic (exact) mass is 435 g/mol. The third-order valence-corrected chi connectivity index (χ3v) is 4.79. The molecule has 3 aromatic rings. The fourth-order valence-electron chi connectivity index (χ4n) is 2.58. The quantitative estimate of drug-likeness (QED) is 0.571. The minimum atomic E-state index is -0.223. The third kappa shape index (κ3) is 5.35. The van der Waals surface area contributed by atoms with Crippen LogP contribution in [0.3, 0.4) is 0 Å². The van der Waals surface area contributed by atoms with Gasteiger partial charge >= 0.3 is 0 Å². The number of carbonyl (C=O) groups excluding carboxylic acids is 1. The maximum atomic E-state index is 12.1. The van der Waals surface area contributed by atoms with Crippen LogP contribution in [0.2, 0.25) is 15.1 Å². The van der Waals surface area contributed by atoms with Crippen LogP contribution in [0.1, 0.15) is 12.8 Å². The van der Waals surface area contributed by atoms with E-state index in [1.807, 2.05) is 12.1 Å². The first-order valence-corrected chi connectivity index (χ1v) is 9.65. The SMILES string of the molecule is O=C(CCCn1nc(-c2ccc(Cl)cc2)ccc1=O)Nc1ccc(Cl)cc1Cl. The Hall–Kier alpha value is -2.34. The molecule has 8 heteroatoms.